The molecule has 0 aliphatic heterocycles. The number of hydrogen-bond donors (Lipinski definition) is 0. The van der Waals surface area contributed by atoms with Crippen LogP contribution in [0.4, 0.5) is 0 Å². The van der Waals surface area contributed by atoms with Gasteiger partial charge in [-0.2, -0.15) is 0 Å². The molecule has 26 heavy (non-hydrogen) atoms. The summed E-state index contributed by atoms with van der Waals surface area (Å²) in [6, 6.07) is 0. The minimum Gasteiger partial charge on any atom is -0.236 e. The maximum Gasteiger partial charge on any atom is 0.0952 e. The van der Waals surface area contributed by atoms with Gasteiger partial charge in [-0.3, -0.25) is 0 Å². The van der Waals surface area contributed by atoms with Crippen LogP contribution >= 0.6 is 0 Å². The first-order valence-corrected chi connectivity index (χ1v) is 10.1. The lowest BCUT2D eigenvalue weighted by Gasteiger charge is -2.24. The predicted octanol–water partition coefficient (Wildman–Crippen LogP) is 7.26. The molecule has 0 bridgehead atoms. The van der Waals surface area contributed by atoms with Crippen molar-refractivity contribution in [1.29, 1.82) is 0 Å². The summed E-state index contributed by atoms with van der Waals surface area (Å²) >= 11 is 0. The second kappa shape index (κ2) is 12.3. The molecule has 0 aromatic rings. The first kappa shape index (κ1) is 28.1. The van der Waals surface area contributed by atoms with Crippen molar-refractivity contribution in [3.63, 3.8) is 0 Å². The molecule has 4 nitrogen and oxygen atoms in total. The summed E-state index contributed by atoms with van der Waals surface area (Å²) in [6.45, 7) is 25.3. The lowest BCUT2D eigenvalue weighted by molar-refractivity contribution is -0.393. The second-order valence-electron chi connectivity index (χ2n) is 11.1. The van der Waals surface area contributed by atoms with E-state index < -0.39 is 0 Å². The molecule has 0 aliphatic rings. The lowest BCUT2D eigenvalue weighted by atomic mass is 9.89. The fraction of sp³-hybridized carbons (Fsp3) is 1.00. The van der Waals surface area contributed by atoms with Crippen molar-refractivity contribution in [2.45, 2.75) is 132 Å². The lowest BCUT2D eigenvalue weighted by Crippen LogP contribution is -2.27. The molecule has 0 radical (unpaired) electrons. The van der Waals surface area contributed by atoms with Gasteiger partial charge in [-0.05, 0) is 80.6 Å². The Labute approximate surface area is 164 Å². The molecule has 0 aliphatic carbocycles. The molecule has 0 unspecified atom stereocenters. The Hall–Kier alpha value is -0.160. The average Bonchev–Trinajstić information content (AvgIpc) is 2.36. The van der Waals surface area contributed by atoms with E-state index in [-0.39, 0.29) is 16.8 Å². The fourth-order valence-corrected chi connectivity index (χ4v) is 1.64. The summed E-state index contributed by atoms with van der Waals surface area (Å²) in [5.41, 5.74) is -0.140. The van der Waals surface area contributed by atoms with Gasteiger partial charge in [0.25, 0.3) is 0 Å². The van der Waals surface area contributed by atoms with E-state index in [0.717, 1.165) is 6.42 Å². The molecule has 0 spiro atoms. The molecule has 0 saturated carbocycles. The van der Waals surface area contributed by atoms with Gasteiger partial charge in [0.2, 0.25) is 0 Å². The van der Waals surface area contributed by atoms with E-state index in [1.165, 1.54) is 25.7 Å². The van der Waals surface area contributed by atoms with E-state index >= 15 is 0 Å². The van der Waals surface area contributed by atoms with Crippen LogP contribution in [0.2, 0.25) is 0 Å². The van der Waals surface area contributed by atoms with Crippen molar-refractivity contribution in [1.82, 2.24) is 0 Å². The van der Waals surface area contributed by atoms with Gasteiger partial charge in [-0.1, -0.05) is 40.0 Å². The van der Waals surface area contributed by atoms with Gasteiger partial charge >= 0.3 is 0 Å². The Bertz CT molecular complexity index is 290. The molecule has 0 amide bonds. The van der Waals surface area contributed by atoms with Crippen LogP contribution in [0.3, 0.4) is 0 Å². The van der Waals surface area contributed by atoms with Crippen LogP contribution in [-0.2, 0) is 19.6 Å². The maximum atomic E-state index is 5.19. The highest BCUT2D eigenvalue weighted by molar-refractivity contribution is 4.61. The van der Waals surface area contributed by atoms with Crippen molar-refractivity contribution in [3.05, 3.63) is 0 Å². The molecule has 0 heterocycles. The normalized spacial score (nSPS) is 13.4. The van der Waals surface area contributed by atoms with Crippen molar-refractivity contribution in [2.75, 3.05) is 6.61 Å². The third-order valence-electron chi connectivity index (χ3n) is 2.76. The summed E-state index contributed by atoms with van der Waals surface area (Å²) in [6.07, 6.45) is 6.27. The molecule has 4 heteroatoms. The molecule has 0 rings (SSSR count). The van der Waals surface area contributed by atoms with Gasteiger partial charge in [0.1, 0.15) is 0 Å². The summed E-state index contributed by atoms with van der Waals surface area (Å²) < 4.78 is 0. The Morgan fingerprint density at radius 2 is 0.846 bits per heavy atom. The minimum atomic E-state index is -0.215. The molecular formula is C22H48O4. The van der Waals surface area contributed by atoms with Crippen molar-refractivity contribution in [2.24, 2.45) is 5.41 Å². The zero-order chi connectivity index (χ0) is 21.1. The maximum absolute atomic E-state index is 5.19. The van der Waals surface area contributed by atoms with Gasteiger partial charge in [-0.15, -0.1) is 0 Å². The molecule has 0 saturated heterocycles. The fourth-order valence-electron chi connectivity index (χ4n) is 1.64. The van der Waals surface area contributed by atoms with Crippen molar-refractivity contribution in [3.8, 4) is 0 Å². The first-order valence-electron chi connectivity index (χ1n) is 10.1. The summed E-state index contributed by atoms with van der Waals surface area (Å²) in [4.78, 5) is 20.5. The number of hydrogen-bond acceptors (Lipinski definition) is 4. The SMILES string of the molecule is CC(C)(C)CCCCCCOOC(C)(C)C.CC(C)(C)OOC(C)(C)C. The molecule has 0 N–H and O–H groups in total. The van der Waals surface area contributed by atoms with Gasteiger partial charge in [0, 0.05) is 0 Å². The Morgan fingerprint density at radius 1 is 0.462 bits per heavy atom. The van der Waals surface area contributed by atoms with Crippen LogP contribution < -0.4 is 0 Å². The van der Waals surface area contributed by atoms with Crippen LogP contribution in [0.25, 0.3) is 0 Å². The standard InChI is InChI=1S/C14H30O2.C8H18O2/c1-13(2,3)11-9-7-8-10-12-15-16-14(4,5)6;1-7(2,3)9-10-8(4,5)6/h7-12H2,1-6H3;1-6H3. The number of rotatable bonds is 8. The third-order valence-corrected chi connectivity index (χ3v) is 2.76. The monoisotopic (exact) mass is 376 g/mol. The van der Waals surface area contributed by atoms with Gasteiger partial charge in [0.05, 0.1) is 23.4 Å². The smallest absolute Gasteiger partial charge is 0.0952 e. The van der Waals surface area contributed by atoms with Gasteiger partial charge < -0.3 is 0 Å². The molecule has 160 valence electrons. The molecule has 0 aromatic carbocycles. The van der Waals surface area contributed by atoms with Crippen LogP contribution in [0.15, 0.2) is 0 Å². The second-order valence-corrected chi connectivity index (χ2v) is 11.1. The highest BCUT2D eigenvalue weighted by Crippen LogP contribution is 2.22. The Balaban J connectivity index is 0. The topological polar surface area (TPSA) is 36.9 Å². The largest absolute Gasteiger partial charge is 0.236 e. The highest BCUT2D eigenvalue weighted by Gasteiger charge is 2.18. The van der Waals surface area contributed by atoms with E-state index in [0.29, 0.717) is 12.0 Å². The summed E-state index contributed by atoms with van der Waals surface area (Å²) in [5, 5.41) is 0. The first-order chi connectivity index (χ1) is 11.4. The van der Waals surface area contributed by atoms with E-state index in [9.17, 15) is 0 Å². The van der Waals surface area contributed by atoms with Gasteiger partial charge in [0.15, 0.2) is 0 Å². The average molecular weight is 377 g/mol. The van der Waals surface area contributed by atoms with Crippen LogP contribution in [0, 0.1) is 5.41 Å². The third kappa shape index (κ3) is 31.6. The molecule has 0 atom stereocenters. The highest BCUT2D eigenvalue weighted by atomic mass is 17.2. The Kier molecular flexibility index (Phi) is 13.3. The quantitative estimate of drug-likeness (QED) is 0.254. The predicted molar refractivity (Wildman–Crippen MR) is 111 cm³/mol. The van der Waals surface area contributed by atoms with E-state index in [2.05, 4.69) is 20.8 Å². The zero-order valence-corrected chi connectivity index (χ0v) is 19.9. The van der Waals surface area contributed by atoms with E-state index in [1.54, 1.807) is 0 Å². The van der Waals surface area contributed by atoms with Crippen LogP contribution in [0.1, 0.15) is 115 Å². The van der Waals surface area contributed by atoms with Gasteiger partial charge in [-0.25, -0.2) is 19.6 Å². The summed E-state index contributed by atoms with van der Waals surface area (Å²) in [5.74, 6) is 0. The zero-order valence-electron chi connectivity index (χ0n) is 19.9. The van der Waals surface area contributed by atoms with Crippen LogP contribution in [0.5, 0.6) is 0 Å². The molecule has 0 aromatic heterocycles. The number of unbranched alkanes of at least 4 members (excludes halogenated alkanes) is 3. The molecule has 0 fully saturated rings. The van der Waals surface area contributed by atoms with Crippen LogP contribution in [-0.4, -0.2) is 23.4 Å². The van der Waals surface area contributed by atoms with Crippen molar-refractivity contribution >= 4 is 0 Å². The minimum absolute atomic E-state index is 0.188. The Morgan fingerprint density at radius 3 is 1.19 bits per heavy atom. The van der Waals surface area contributed by atoms with E-state index in [1.807, 2.05) is 62.3 Å². The summed E-state index contributed by atoms with van der Waals surface area (Å²) in [7, 11) is 0. The molecular weight excluding hydrogens is 328 g/mol. The van der Waals surface area contributed by atoms with E-state index in [4.69, 9.17) is 19.6 Å². The van der Waals surface area contributed by atoms with Crippen molar-refractivity contribution < 1.29 is 19.6 Å².